The smallest absolute Gasteiger partial charge is 0.410 e. The van der Waals surface area contributed by atoms with E-state index < -0.39 is 5.60 Å². The van der Waals surface area contributed by atoms with E-state index in [0.29, 0.717) is 29.7 Å². The van der Waals surface area contributed by atoms with Gasteiger partial charge >= 0.3 is 6.09 Å². The van der Waals surface area contributed by atoms with Crippen LogP contribution in [0.25, 0.3) is 11.0 Å². The fourth-order valence-electron chi connectivity index (χ4n) is 3.72. The Morgan fingerprint density at radius 2 is 1.97 bits per heavy atom. The Kier molecular flexibility index (Phi) is 6.04. The van der Waals surface area contributed by atoms with Crippen LogP contribution in [0.1, 0.15) is 32.8 Å². The van der Waals surface area contributed by atoms with E-state index in [4.69, 9.17) is 32.9 Å². The van der Waals surface area contributed by atoms with E-state index in [1.54, 1.807) is 11.0 Å². The number of anilines is 1. The number of ether oxygens (including phenoxy) is 1. The van der Waals surface area contributed by atoms with Crippen molar-refractivity contribution in [2.45, 2.75) is 45.4 Å². The predicted molar refractivity (Wildman–Crippen MR) is 125 cm³/mol. The first kappa shape index (κ1) is 21.8. The molecule has 1 fully saturated rings. The summed E-state index contributed by atoms with van der Waals surface area (Å²) >= 11 is 12.3. The van der Waals surface area contributed by atoms with E-state index >= 15 is 0 Å². The number of hydrogen-bond acceptors (Lipinski definition) is 4. The molecule has 1 N–H and O–H groups in total. The van der Waals surface area contributed by atoms with Gasteiger partial charge in [-0.3, -0.25) is 0 Å². The highest BCUT2D eigenvalue weighted by Crippen LogP contribution is 2.27. The van der Waals surface area contributed by atoms with Crippen LogP contribution < -0.4 is 5.32 Å². The maximum absolute atomic E-state index is 12.4. The van der Waals surface area contributed by atoms with Crippen LogP contribution >= 0.6 is 23.2 Å². The Labute approximate surface area is 192 Å². The molecule has 8 heteroatoms. The summed E-state index contributed by atoms with van der Waals surface area (Å²) in [4.78, 5) is 18.9. The van der Waals surface area contributed by atoms with Gasteiger partial charge in [0.25, 0.3) is 0 Å². The number of fused-ring (bicyclic) bond motifs is 1. The molecular weight excluding hydrogens is 435 g/mol. The van der Waals surface area contributed by atoms with Gasteiger partial charge in [-0.25, -0.2) is 9.78 Å². The monoisotopic (exact) mass is 460 g/mol. The number of likely N-dealkylation sites (tertiary alicyclic amines) is 1. The second-order valence-electron chi connectivity index (χ2n) is 8.82. The van der Waals surface area contributed by atoms with Gasteiger partial charge in [0.15, 0.2) is 0 Å². The van der Waals surface area contributed by atoms with Gasteiger partial charge in [0.1, 0.15) is 5.60 Å². The number of aromatic nitrogens is 2. The van der Waals surface area contributed by atoms with Crippen LogP contribution in [-0.4, -0.2) is 45.3 Å². The van der Waals surface area contributed by atoms with Crippen LogP contribution in [-0.2, 0) is 11.3 Å². The molecule has 1 saturated heterocycles. The first-order valence-electron chi connectivity index (χ1n) is 10.3. The van der Waals surface area contributed by atoms with Crippen molar-refractivity contribution in [1.29, 1.82) is 0 Å². The molecule has 4 rings (SSSR count). The fraction of sp³-hybridized carbons (Fsp3) is 0.391. The number of nitrogens with one attached hydrogen (secondary N) is 1. The first-order chi connectivity index (χ1) is 14.7. The van der Waals surface area contributed by atoms with E-state index in [1.165, 1.54) is 0 Å². The summed E-state index contributed by atoms with van der Waals surface area (Å²) in [6.45, 7) is 7.46. The molecular formula is C23H26Cl2N4O2. The third-order valence-electron chi connectivity index (χ3n) is 5.15. The number of halogens is 2. The summed E-state index contributed by atoms with van der Waals surface area (Å²) in [5.41, 5.74) is 2.46. The molecule has 1 aliphatic rings. The quantitative estimate of drug-likeness (QED) is 0.533. The highest BCUT2D eigenvalue weighted by Gasteiger charge is 2.30. The summed E-state index contributed by atoms with van der Waals surface area (Å²) in [7, 11) is 0. The van der Waals surface area contributed by atoms with Crippen LogP contribution in [0, 0.1) is 0 Å². The van der Waals surface area contributed by atoms with Crippen LogP contribution in [0.15, 0.2) is 42.5 Å². The molecule has 0 saturated carbocycles. The average molecular weight is 461 g/mol. The van der Waals surface area contributed by atoms with Crippen molar-refractivity contribution in [1.82, 2.24) is 14.5 Å². The average Bonchev–Trinajstić information content (AvgIpc) is 3.29. The van der Waals surface area contributed by atoms with Gasteiger partial charge in [0, 0.05) is 19.1 Å². The zero-order chi connectivity index (χ0) is 22.2. The van der Waals surface area contributed by atoms with Crippen molar-refractivity contribution < 1.29 is 9.53 Å². The molecule has 0 spiro atoms. The number of imidazole rings is 1. The number of hydrogen-bond donors (Lipinski definition) is 1. The number of rotatable bonds is 4. The maximum Gasteiger partial charge on any atom is 0.410 e. The van der Waals surface area contributed by atoms with Gasteiger partial charge in [-0.05, 0) is 57.0 Å². The summed E-state index contributed by atoms with van der Waals surface area (Å²) in [5.74, 6) is 0.767. The minimum atomic E-state index is -0.504. The Morgan fingerprint density at radius 3 is 2.71 bits per heavy atom. The number of amides is 1. The van der Waals surface area contributed by atoms with Gasteiger partial charge in [-0.2, -0.15) is 0 Å². The predicted octanol–water partition coefficient (Wildman–Crippen LogP) is 5.81. The fourth-order valence-corrected chi connectivity index (χ4v) is 4.04. The number of benzene rings is 2. The number of para-hydroxylation sites is 2. The zero-order valence-electron chi connectivity index (χ0n) is 17.9. The normalized spacial score (nSPS) is 16.7. The van der Waals surface area contributed by atoms with E-state index in [2.05, 4.69) is 9.88 Å². The van der Waals surface area contributed by atoms with E-state index in [-0.39, 0.29) is 12.1 Å². The summed E-state index contributed by atoms with van der Waals surface area (Å²) < 4.78 is 7.64. The first-order valence-corrected chi connectivity index (χ1v) is 11.1. The van der Waals surface area contributed by atoms with Crippen LogP contribution in [0.5, 0.6) is 0 Å². The second-order valence-corrected chi connectivity index (χ2v) is 9.63. The number of carbonyl (C=O) groups is 1. The molecule has 2 aromatic carbocycles. The molecule has 3 aromatic rings. The van der Waals surface area contributed by atoms with Crippen LogP contribution in [0.3, 0.4) is 0 Å². The number of nitrogens with zero attached hydrogens (tertiary/aromatic N) is 3. The minimum absolute atomic E-state index is 0.0943. The van der Waals surface area contributed by atoms with Gasteiger partial charge in [-0.1, -0.05) is 41.4 Å². The molecule has 0 radical (unpaired) electrons. The molecule has 1 atom stereocenters. The Bertz CT molecular complexity index is 1110. The number of carbonyl (C=O) groups excluding carboxylic acids is 1. The van der Waals surface area contributed by atoms with Gasteiger partial charge in [0.05, 0.1) is 27.6 Å². The molecule has 0 unspecified atom stereocenters. The minimum Gasteiger partial charge on any atom is -0.444 e. The lowest BCUT2D eigenvalue weighted by molar-refractivity contribution is 0.0293. The topological polar surface area (TPSA) is 59.4 Å². The third-order valence-corrected chi connectivity index (χ3v) is 5.89. The SMILES string of the molecule is CC(C)(C)OC(=O)N1CC[C@@H](Nc2nc3ccccc3n2Cc2ccc(Cl)c(Cl)c2)C1. The molecule has 2 heterocycles. The molecule has 0 bridgehead atoms. The highest BCUT2D eigenvalue weighted by atomic mass is 35.5. The van der Waals surface area contributed by atoms with E-state index in [0.717, 1.165) is 29.0 Å². The lowest BCUT2D eigenvalue weighted by Gasteiger charge is -2.24. The highest BCUT2D eigenvalue weighted by molar-refractivity contribution is 6.42. The van der Waals surface area contributed by atoms with Crippen LogP contribution in [0.2, 0.25) is 10.0 Å². The van der Waals surface area contributed by atoms with Crippen molar-refractivity contribution in [2.75, 3.05) is 18.4 Å². The Morgan fingerprint density at radius 1 is 1.19 bits per heavy atom. The van der Waals surface area contributed by atoms with E-state index in [9.17, 15) is 4.79 Å². The molecule has 0 aliphatic carbocycles. The second kappa shape index (κ2) is 8.60. The molecule has 1 aromatic heterocycles. The van der Waals surface area contributed by atoms with Crippen molar-refractivity contribution >= 4 is 46.3 Å². The molecule has 164 valence electrons. The van der Waals surface area contributed by atoms with Crippen molar-refractivity contribution in [2.24, 2.45) is 0 Å². The summed E-state index contributed by atoms with van der Waals surface area (Å²) in [5, 5.41) is 4.60. The summed E-state index contributed by atoms with van der Waals surface area (Å²) in [6, 6.07) is 13.8. The standard InChI is InChI=1S/C23H26Cl2N4O2/c1-23(2,3)31-22(30)28-11-10-16(14-28)26-21-27-19-6-4-5-7-20(19)29(21)13-15-8-9-17(24)18(25)12-15/h4-9,12,16H,10-11,13-14H2,1-3H3,(H,26,27)/t16-/m1/s1. The molecule has 31 heavy (non-hydrogen) atoms. The van der Waals surface area contributed by atoms with Crippen LogP contribution in [0.4, 0.5) is 10.7 Å². The largest absolute Gasteiger partial charge is 0.444 e. The lowest BCUT2D eigenvalue weighted by atomic mass is 10.2. The third kappa shape index (κ3) is 5.08. The van der Waals surface area contributed by atoms with Crippen molar-refractivity contribution in [3.63, 3.8) is 0 Å². The molecule has 6 nitrogen and oxygen atoms in total. The molecule has 1 aliphatic heterocycles. The maximum atomic E-state index is 12.4. The van der Waals surface area contributed by atoms with Crippen molar-refractivity contribution in [3.05, 3.63) is 58.1 Å². The summed E-state index contributed by atoms with van der Waals surface area (Å²) in [6.07, 6.45) is 0.552. The Hall–Kier alpha value is -2.44. The van der Waals surface area contributed by atoms with Gasteiger partial charge in [-0.15, -0.1) is 0 Å². The van der Waals surface area contributed by atoms with E-state index in [1.807, 2.05) is 57.2 Å². The molecule has 1 amide bonds. The van der Waals surface area contributed by atoms with Gasteiger partial charge < -0.3 is 19.5 Å². The lowest BCUT2D eigenvalue weighted by Crippen LogP contribution is -2.36. The van der Waals surface area contributed by atoms with Crippen molar-refractivity contribution in [3.8, 4) is 0 Å². The zero-order valence-corrected chi connectivity index (χ0v) is 19.4. The van der Waals surface area contributed by atoms with Gasteiger partial charge in [0.2, 0.25) is 5.95 Å². The Balaban J connectivity index is 1.55.